The molecule has 0 atom stereocenters. The van der Waals surface area contributed by atoms with Crippen LogP contribution in [0.5, 0.6) is 0 Å². The fraction of sp³-hybridized carbons (Fsp3) is 0.0625. The molecule has 4 nitrogen and oxygen atoms in total. The Bertz CT molecular complexity index is 6560. The lowest BCUT2D eigenvalue weighted by Crippen LogP contribution is -2.15. The van der Waals surface area contributed by atoms with Gasteiger partial charge in [-0.3, -0.25) is 0 Å². The van der Waals surface area contributed by atoms with E-state index < -0.39 is 0 Å². The van der Waals surface area contributed by atoms with E-state index in [1.807, 2.05) is 0 Å². The topological polar surface area (TPSA) is 19.7 Å². The highest BCUT2D eigenvalue weighted by Crippen LogP contribution is 2.52. The quantitative estimate of drug-likeness (QED) is 0.152. The van der Waals surface area contributed by atoms with Crippen LogP contribution >= 0.6 is 0 Å². The summed E-state index contributed by atoms with van der Waals surface area (Å²) >= 11 is 0. The number of fused-ring (bicyclic) bond motifs is 18. The monoisotopic (exact) mass is 1280 g/mol. The van der Waals surface area contributed by atoms with Crippen LogP contribution in [-0.4, -0.2) is 18.3 Å². The summed E-state index contributed by atoms with van der Waals surface area (Å²) in [6.07, 6.45) is 0. The average Bonchev–Trinajstić information content (AvgIpc) is 1.60. The van der Waals surface area contributed by atoms with Gasteiger partial charge >= 0.3 is 0 Å². The van der Waals surface area contributed by atoms with Crippen LogP contribution in [0, 0.1) is 0 Å². The van der Waals surface area contributed by atoms with Gasteiger partial charge in [-0.15, -0.1) is 0 Å². The van der Waals surface area contributed by atoms with Crippen LogP contribution in [0.2, 0.25) is 0 Å². The zero-order valence-electron chi connectivity index (χ0n) is 56.1. The molecule has 4 heterocycles. The molecule has 0 spiro atoms. The number of hydrogen-bond acceptors (Lipinski definition) is 0. The maximum absolute atomic E-state index is 2.45. The minimum Gasteiger partial charge on any atom is -0.309 e. The molecule has 0 aliphatic heterocycles. The van der Waals surface area contributed by atoms with Crippen molar-refractivity contribution in [3.8, 4) is 78.4 Å². The van der Waals surface area contributed by atoms with Crippen LogP contribution in [0.25, 0.3) is 166 Å². The predicted molar refractivity (Wildman–Crippen MR) is 422 cm³/mol. The van der Waals surface area contributed by atoms with Gasteiger partial charge in [0, 0.05) is 76.7 Å². The van der Waals surface area contributed by atoms with Gasteiger partial charge in [0.25, 0.3) is 0 Å². The number of nitrogens with zero attached hydrogens (tertiary/aromatic N) is 4. The van der Waals surface area contributed by atoms with E-state index in [0.717, 1.165) is 5.69 Å². The lowest BCUT2D eigenvalue weighted by Gasteiger charge is -2.22. The Labute approximate surface area is 580 Å². The van der Waals surface area contributed by atoms with Gasteiger partial charge in [-0.1, -0.05) is 246 Å². The first kappa shape index (κ1) is 57.7. The Kier molecular flexibility index (Phi) is 12.7. The van der Waals surface area contributed by atoms with E-state index in [1.54, 1.807) is 0 Å². The molecule has 4 heteroatoms. The Morgan fingerprint density at radius 2 is 0.460 bits per heavy atom. The van der Waals surface area contributed by atoms with Crippen molar-refractivity contribution in [2.45, 2.75) is 38.5 Å². The third-order valence-corrected chi connectivity index (χ3v) is 22.3. The highest BCUT2D eigenvalue weighted by Gasteiger charge is 2.37. The zero-order valence-corrected chi connectivity index (χ0v) is 56.1. The minimum absolute atomic E-state index is 0.00527. The summed E-state index contributed by atoms with van der Waals surface area (Å²) in [5, 5.41) is 10.1. The second-order valence-corrected chi connectivity index (χ2v) is 28.4. The fourth-order valence-electron chi connectivity index (χ4n) is 17.4. The molecule has 100 heavy (non-hydrogen) atoms. The molecule has 0 radical (unpaired) electrons. The molecule has 4 aromatic heterocycles. The van der Waals surface area contributed by atoms with Gasteiger partial charge in [0.15, 0.2) is 0 Å². The fourth-order valence-corrected chi connectivity index (χ4v) is 17.4. The van der Waals surface area contributed by atoms with Gasteiger partial charge in [-0.05, 0) is 199 Å². The third kappa shape index (κ3) is 8.66. The molecule has 2 aliphatic rings. The van der Waals surface area contributed by atoms with Crippen LogP contribution in [0.4, 0.5) is 0 Å². The first-order valence-electron chi connectivity index (χ1n) is 35.0. The van der Waals surface area contributed by atoms with Gasteiger partial charge < -0.3 is 18.3 Å². The molecular weight excluding hydrogens is 1210 g/mol. The number of aromatic nitrogens is 4. The standard InChI is InChI=1S/C51H36N2.C45H32N2/c1-51(2)45-17-9-6-14-39(45)40-27-26-38(32-46(40)51)53-48-19-11-8-16-42(48)44-31-36(23-29-50(44)53)35-22-28-49-43(30-35)41-15-7-10-18-47(41)52(49)37-24-20-34(21-25-37)33-12-4-3-5-13-33;1-45(2)39-17-9-6-14-33(39)36-28-32(22-23-40(36)45)47-42-19-11-8-16-35(42)38-27-30(21-25-44(38)47)29-20-24-43-37(26-29)34-15-7-10-18-41(34)46(43)31-12-4-3-5-13-31/h3-32H,1-2H3;3-28H,1-2H3. The summed E-state index contributed by atoms with van der Waals surface area (Å²) in [6, 6.07) is 125. The van der Waals surface area contributed by atoms with Crippen LogP contribution in [0.15, 0.2) is 340 Å². The van der Waals surface area contributed by atoms with Crippen LogP contribution in [-0.2, 0) is 10.8 Å². The summed E-state index contributed by atoms with van der Waals surface area (Å²) in [5.74, 6) is 0. The molecule has 0 fully saturated rings. The molecule has 0 saturated carbocycles. The molecule has 15 aromatic carbocycles. The summed E-state index contributed by atoms with van der Waals surface area (Å²) in [5.41, 5.74) is 32.8. The predicted octanol–water partition coefficient (Wildman–Crippen LogP) is 25.4. The van der Waals surface area contributed by atoms with E-state index in [9.17, 15) is 0 Å². The van der Waals surface area contributed by atoms with Gasteiger partial charge in [-0.25, -0.2) is 0 Å². The van der Waals surface area contributed by atoms with Crippen molar-refractivity contribution >= 4 is 87.2 Å². The molecule has 0 saturated heterocycles. The molecular formula is C96H68N4. The molecule has 0 unspecified atom stereocenters. The normalized spacial score (nSPS) is 13.4. The first-order chi connectivity index (χ1) is 49.1. The summed E-state index contributed by atoms with van der Waals surface area (Å²) in [7, 11) is 0. The second-order valence-electron chi connectivity index (χ2n) is 28.4. The molecule has 19 aromatic rings. The highest BCUT2D eigenvalue weighted by molar-refractivity contribution is 6.15. The SMILES string of the molecule is CC1(C)c2ccccc2-c2cc(-n3c4ccccc4c4cc(-c5ccc6c(c5)c5ccccc5n6-c5ccccc5)ccc43)ccc21.CC1(C)c2ccccc2-c2ccc(-n3c4ccccc4c4cc(-c5ccc6c(c5)c5ccccc5n6-c5ccc(-c6ccccc6)cc5)ccc43)cc21. The molecule has 0 amide bonds. The number of benzene rings is 15. The van der Waals surface area contributed by atoms with E-state index in [1.165, 1.54) is 182 Å². The van der Waals surface area contributed by atoms with Crippen molar-refractivity contribution in [3.05, 3.63) is 362 Å². The molecule has 0 bridgehead atoms. The largest absolute Gasteiger partial charge is 0.309 e. The van der Waals surface area contributed by atoms with Gasteiger partial charge in [-0.2, -0.15) is 0 Å². The van der Waals surface area contributed by atoms with E-state index in [4.69, 9.17) is 0 Å². The zero-order chi connectivity index (χ0) is 66.5. The number of hydrogen-bond donors (Lipinski definition) is 0. The van der Waals surface area contributed by atoms with Crippen molar-refractivity contribution in [2.24, 2.45) is 0 Å². The number of para-hydroxylation sites is 5. The van der Waals surface area contributed by atoms with E-state index >= 15 is 0 Å². The summed E-state index contributed by atoms with van der Waals surface area (Å²) < 4.78 is 9.67. The Hall–Kier alpha value is -12.5. The Morgan fingerprint density at radius 3 is 0.920 bits per heavy atom. The van der Waals surface area contributed by atoms with Crippen molar-refractivity contribution in [1.82, 2.24) is 18.3 Å². The Balaban J connectivity index is 0.000000136. The van der Waals surface area contributed by atoms with Crippen molar-refractivity contribution in [2.75, 3.05) is 0 Å². The second kappa shape index (κ2) is 22.0. The van der Waals surface area contributed by atoms with E-state index in [-0.39, 0.29) is 10.8 Å². The van der Waals surface area contributed by atoms with E-state index in [0.29, 0.717) is 0 Å². The van der Waals surface area contributed by atoms with Gasteiger partial charge in [0.2, 0.25) is 0 Å². The van der Waals surface area contributed by atoms with Crippen molar-refractivity contribution < 1.29 is 0 Å². The summed E-state index contributed by atoms with van der Waals surface area (Å²) in [4.78, 5) is 0. The lowest BCUT2D eigenvalue weighted by molar-refractivity contribution is 0.660. The van der Waals surface area contributed by atoms with Gasteiger partial charge in [0.05, 0.1) is 44.1 Å². The Morgan fingerprint density at radius 1 is 0.170 bits per heavy atom. The maximum atomic E-state index is 2.45. The van der Waals surface area contributed by atoms with Crippen LogP contribution < -0.4 is 0 Å². The number of rotatable bonds is 7. The van der Waals surface area contributed by atoms with Crippen molar-refractivity contribution in [3.63, 3.8) is 0 Å². The highest BCUT2D eigenvalue weighted by atomic mass is 15.0. The van der Waals surface area contributed by atoms with Crippen LogP contribution in [0.3, 0.4) is 0 Å². The maximum Gasteiger partial charge on any atom is 0.0541 e. The average molecular weight is 1280 g/mol. The third-order valence-electron chi connectivity index (χ3n) is 22.3. The van der Waals surface area contributed by atoms with E-state index in [2.05, 4.69) is 386 Å². The molecule has 0 N–H and O–H groups in total. The minimum atomic E-state index is -0.0543. The lowest BCUT2D eigenvalue weighted by atomic mass is 9.82. The summed E-state index contributed by atoms with van der Waals surface area (Å²) in [6.45, 7) is 9.40. The molecule has 21 rings (SSSR count). The van der Waals surface area contributed by atoms with Gasteiger partial charge in [0.1, 0.15) is 0 Å². The molecule has 472 valence electrons. The first-order valence-corrected chi connectivity index (χ1v) is 35.0. The van der Waals surface area contributed by atoms with Crippen molar-refractivity contribution in [1.29, 1.82) is 0 Å². The van der Waals surface area contributed by atoms with Crippen LogP contribution in [0.1, 0.15) is 49.9 Å². The smallest absolute Gasteiger partial charge is 0.0541 e. The molecule has 2 aliphatic carbocycles.